The van der Waals surface area contributed by atoms with E-state index < -0.39 is 39.2 Å². The van der Waals surface area contributed by atoms with Crippen molar-refractivity contribution in [1.29, 1.82) is 0 Å². The van der Waals surface area contributed by atoms with Gasteiger partial charge < -0.3 is 14.8 Å². The summed E-state index contributed by atoms with van der Waals surface area (Å²) >= 11 is 0. The number of morpholine rings is 1. The molecule has 12 nitrogen and oxygen atoms in total. The molecule has 3 heterocycles. The van der Waals surface area contributed by atoms with Crippen LogP contribution in [0.1, 0.15) is 41.9 Å². The highest BCUT2D eigenvalue weighted by atomic mass is 32.2. The fourth-order valence-electron chi connectivity index (χ4n) is 7.59. The maximum atomic E-state index is 14.9. The number of ether oxygens (including phenoxy) is 2. The summed E-state index contributed by atoms with van der Waals surface area (Å²) in [5.41, 5.74) is 2.53. The maximum absolute atomic E-state index is 14.9. The van der Waals surface area contributed by atoms with Gasteiger partial charge in [0.25, 0.3) is 5.56 Å². The average Bonchev–Trinajstić information content (AvgIpc) is 4.01. The predicted octanol–water partition coefficient (Wildman–Crippen LogP) is 7.32. The van der Waals surface area contributed by atoms with E-state index in [1.165, 1.54) is 37.8 Å². The van der Waals surface area contributed by atoms with Crippen molar-refractivity contribution in [3.63, 3.8) is 0 Å². The van der Waals surface area contributed by atoms with Crippen molar-refractivity contribution in [3.8, 4) is 28.3 Å². The number of sulfonamides is 1. The Balaban J connectivity index is 1.17. The molecule has 1 aliphatic carbocycles. The molecular formula is C46H40F2N6O6S. The number of carbonyl (C=O) groups excluding carboxylic acids is 1. The Kier molecular flexibility index (Phi) is 11.0. The summed E-state index contributed by atoms with van der Waals surface area (Å²) in [5.74, 6) is -0.500. The van der Waals surface area contributed by atoms with Gasteiger partial charge in [-0.2, -0.15) is 9.40 Å². The zero-order valence-electron chi connectivity index (χ0n) is 32.8. The molecule has 1 N–H and O–H groups in total. The fraction of sp³-hybridized carbons (Fsp3) is 0.217. The molecule has 1 saturated carbocycles. The normalized spacial score (nSPS) is 15.1. The Morgan fingerprint density at radius 2 is 1.59 bits per heavy atom. The van der Waals surface area contributed by atoms with Crippen molar-refractivity contribution in [3.05, 3.63) is 167 Å². The van der Waals surface area contributed by atoms with E-state index in [2.05, 4.69) is 10.4 Å². The summed E-state index contributed by atoms with van der Waals surface area (Å²) in [6.07, 6.45) is 3.63. The summed E-state index contributed by atoms with van der Waals surface area (Å²) in [6, 6.07) is 31.6. The molecule has 1 saturated heterocycles. The summed E-state index contributed by atoms with van der Waals surface area (Å²) in [5, 5.41) is 7.78. The number of nitrogens with one attached hydrogen (secondary N) is 1. The zero-order valence-corrected chi connectivity index (χ0v) is 33.6. The number of hydrogen-bond donors (Lipinski definition) is 1. The largest absolute Gasteiger partial charge is 0.457 e. The SMILES string of the molecule is O=C(Cn1ccc(C2CC2)n1)N[C@@H](Cc1cc(F)cc(F)c1)c1nc2cc(-c3ccccc3Oc3ccccc3)ccc2c(=O)n1-c1ccc(S(=O)(=O)N2CCOCC2)cc1. The summed E-state index contributed by atoms with van der Waals surface area (Å²) < 4.78 is 72.3. The van der Waals surface area contributed by atoms with Crippen LogP contribution in [0.3, 0.4) is 0 Å². The van der Waals surface area contributed by atoms with Crippen LogP contribution in [0.2, 0.25) is 0 Å². The van der Waals surface area contributed by atoms with Gasteiger partial charge in [-0.25, -0.2) is 22.2 Å². The number of rotatable bonds is 13. The van der Waals surface area contributed by atoms with E-state index in [-0.39, 0.29) is 72.1 Å². The van der Waals surface area contributed by atoms with Crippen LogP contribution in [-0.2, 0) is 32.5 Å². The van der Waals surface area contributed by atoms with Crippen LogP contribution >= 0.6 is 0 Å². The van der Waals surface area contributed by atoms with Crippen LogP contribution in [0.25, 0.3) is 27.7 Å². The number of amides is 1. The van der Waals surface area contributed by atoms with Gasteiger partial charge in [0.1, 0.15) is 35.5 Å². The van der Waals surface area contributed by atoms with Crippen molar-refractivity contribution in [2.75, 3.05) is 26.3 Å². The quantitative estimate of drug-likeness (QED) is 0.128. The first-order valence-electron chi connectivity index (χ1n) is 19.9. The molecule has 1 aliphatic heterocycles. The highest BCUT2D eigenvalue weighted by Gasteiger charge is 2.29. The second-order valence-corrected chi connectivity index (χ2v) is 17.0. The molecule has 61 heavy (non-hydrogen) atoms. The fourth-order valence-corrected chi connectivity index (χ4v) is 9.00. The van der Waals surface area contributed by atoms with Crippen molar-refractivity contribution >= 4 is 26.8 Å². The zero-order chi connectivity index (χ0) is 42.1. The molecular weight excluding hydrogens is 803 g/mol. The molecule has 0 unspecified atom stereocenters. The third kappa shape index (κ3) is 8.71. The summed E-state index contributed by atoms with van der Waals surface area (Å²) in [6.45, 7) is 0.785. The van der Waals surface area contributed by atoms with Crippen LogP contribution in [0, 0.1) is 11.6 Å². The standard InChI is InChI=1S/C46H40F2N6O6S/c47-33-24-30(25-34(48)28-33)26-42(49-44(55)29-52-19-18-40(51-52)31-10-11-31)45-50-41-27-32(38-8-4-5-9-43(38)60-36-6-2-1-3-7-36)12-17-39(41)46(56)54(45)35-13-15-37(16-14-35)61(57,58)53-20-22-59-23-21-53/h1-9,12-19,24-25,27-28,31,42H,10-11,20-23,26,29H2,(H,49,55)/t42-/m0/s1. The van der Waals surface area contributed by atoms with Crippen LogP contribution in [0.4, 0.5) is 8.78 Å². The van der Waals surface area contributed by atoms with E-state index >= 15 is 0 Å². The maximum Gasteiger partial charge on any atom is 0.266 e. The highest BCUT2D eigenvalue weighted by Crippen LogP contribution is 2.39. The van der Waals surface area contributed by atoms with Gasteiger partial charge in [0.05, 0.1) is 46.4 Å². The van der Waals surface area contributed by atoms with Crippen molar-refractivity contribution in [1.82, 2.24) is 29.0 Å². The summed E-state index contributed by atoms with van der Waals surface area (Å²) in [4.78, 5) is 33.8. The number of aromatic nitrogens is 4. The molecule has 5 aromatic carbocycles. The van der Waals surface area contributed by atoms with Gasteiger partial charge in [-0.1, -0.05) is 42.5 Å². The van der Waals surface area contributed by atoms with E-state index in [9.17, 15) is 26.8 Å². The van der Waals surface area contributed by atoms with Crippen LogP contribution in [0.15, 0.2) is 137 Å². The molecule has 2 aliphatic rings. The third-order valence-electron chi connectivity index (χ3n) is 10.7. The number of carbonyl (C=O) groups is 1. The minimum Gasteiger partial charge on any atom is -0.457 e. The lowest BCUT2D eigenvalue weighted by molar-refractivity contribution is -0.122. The van der Waals surface area contributed by atoms with Gasteiger partial charge >= 0.3 is 0 Å². The van der Waals surface area contributed by atoms with E-state index in [1.54, 1.807) is 24.4 Å². The highest BCUT2D eigenvalue weighted by molar-refractivity contribution is 7.89. The minimum absolute atomic E-state index is 0.0207. The molecule has 1 atom stereocenters. The molecule has 0 spiro atoms. The van der Waals surface area contributed by atoms with E-state index in [0.29, 0.717) is 23.0 Å². The molecule has 9 rings (SSSR count). The Hall–Kier alpha value is -6.55. The Labute approximate surface area is 350 Å². The molecule has 1 amide bonds. The van der Waals surface area contributed by atoms with Gasteiger partial charge in [-0.3, -0.25) is 18.8 Å². The lowest BCUT2D eigenvalue weighted by Gasteiger charge is -2.26. The van der Waals surface area contributed by atoms with Crippen LogP contribution in [0.5, 0.6) is 11.5 Å². The van der Waals surface area contributed by atoms with Crippen LogP contribution in [-0.4, -0.2) is 64.3 Å². The molecule has 0 radical (unpaired) electrons. The number of fused-ring (bicyclic) bond motifs is 1. The van der Waals surface area contributed by atoms with E-state index in [1.807, 2.05) is 60.7 Å². The van der Waals surface area contributed by atoms with Gasteiger partial charge in [-0.15, -0.1) is 0 Å². The van der Waals surface area contributed by atoms with Gasteiger partial charge in [0, 0.05) is 43.3 Å². The number of halogens is 2. The molecule has 2 aromatic heterocycles. The van der Waals surface area contributed by atoms with Crippen molar-refractivity contribution in [2.24, 2.45) is 0 Å². The lowest BCUT2D eigenvalue weighted by Crippen LogP contribution is -2.40. The number of hydrogen-bond acceptors (Lipinski definition) is 8. The van der Waals surface area contributed by atoms with Gasteiger partial charge in [0.2, 0.25) is 15.9 Å². The number of para-hydroxylation sites is 2. The minimum atomic E-state index is -3.88. The average molecular weight is 843 g/mol. The molecule has 310 valence electrons. The topological polar surface area (TPSA) is 138 Å². The molecule has 2 fully saturated rings. The third-order valence-corrected chi connectivity index (χ3v) is 12.7. The number of nitrogens with zero attached hydrogens (tertiary/aromatic N) is 5. The first kappa shape index (κ1) is 39.9. The summed E-state index contributed by atoms with van der Waals surface area (Å²) in [7, 11) is -3.88. The first-order valence-corrected chi connectivity index (χ1v) is 21.4. The second kappa shape index (κ2) is 16.8. The van der Waals surface area contributed by atoms with Gasteiger partial charge in [-0.05, 0) is 96.8 Å². The monoisotopic (exact) mass is 842 g/mol. The Bertz CT molecular complexity index is 2890. The van der Waals surface area contributed by atoms with Gasteiger partial charge in [0.15, 0.2) is 0 Å². The Morgan fingerprint density at radius 3 is 2.33 bits per heavy atom. The lowest BCUT2D eigenvalue weighted by atomic mass is 10.0. The molecule has 7 aromatic rings. The first-order chi connectivity index (χ1) is 29.6. The second-order valence-electron chi connectivity index (χ2n) is 15.1. The Morgan fingerprint density at radius 1 is 0.869 bits per heavy atom. The van der Waals surface area contributed by atoms with E-state index in [4.69, 9.17) is 14.5 Å². The predicted molar refractivity (Wildman–Crippen MR) is 224 cm³/mol. The smallest absolute Gasteiger partial charge is 0.266 e. The molecule has 0 bridgehead atoms. The molecule has 15 heteroatoms. The van der Waals surface area contributed by atoms with Crippen molar-refractivity contribution in [2.45, 2.75) is 42.7 Å². The van der Waals surface area contributed by atoms with Crippen LogP contribution < -0.4 is 15.6 Å². The van der Waals surface area contributed by atoms with Crippen molar-refractivity contribution < 1.29 is 31.5 Å². The number of benzene rings is 5. The van der Waals surface area contributed by atoms with E-state index in [0.717, 1.165) is 42.3 Å².